The van der Waals surface area contributed by atoms with Crippen LogP contribution < -0.4 is 4.90 Å². The van der Waals surface area contributed by atoms with Crippen LogP contribution >= 0.6 is 11.6 Å². The van der Waals surface area contributed by atoms with Crippen molar-refractivity contribution in [3.8, 4) is 0 Å². The molecule has 1 heterocycles. The van der Waals surface area contributed by atoms with Crippen LogP contribution in [0.4, 0.5) is 5.69 Å². The van der Waals surface area contributed by atoms with Crippen LogP contribution in [-0.2, 0) is 14.8 Å². The lowest BCUT2D eigenvalue weighted by Crippen LogP contribution is -2.48. The molecule has 150 valence electrons. The van der Waals surface area contributed by atoms with E-state index in [0.29, 0.717) is 32.6 Å². The number of carbonyl (C=O) groups is 1. The SMILES string of the molecule is CCCOC(=O)c1cc(S(=O)(=O)N2CCN(c3ccccc3)CC2)ccc1Cl. The van der Waals surface area contributed by atoms with Gasteiger partial charge in [-0.25, -0.2) is 13.2 Å². The standard InChI is InChI=1S/C20H23ClN2O4S/c1-2-14-27-20(24)18-15-17(8-9-19(18)21)28(25,26)23-12-10-22(11-13-23)16-6-4-3-5-7-16/h3-9,15H,2,10-14H2,1H3. The van der Waals surface area contributed by atoms with Crippen molar-refractivity contribution < 1.29 is 17.9 Å². The summed E-state index contributed by atoms with van der Waals surface area (Å²) < 4.78 is 32.6. The summed E-state index contributed by atoms with van der Waals surface area (Å²) >= 11 is 6.08. The minimum Gasteiger partial charge on any atom is -0.462 e. The Hall–Kier alpha value is -2.09. The van der Waals surface area contributed by atoms with Gasteiger partial charge in [-0.2, -0.15) is 4.31 Å². The Labute approximate surface area is 170 Å². The quantitative estimate of drug-likeness (QED) is 0.667. The first kappa shape index (κ1) is 20.6. The van der Waals surface area contributed by atoms with Crippen LogP contribution in [-0.4, -0.2) is 51.5 Å². The smallest absolute Gasteiger partial charge is 0.339 e. The molecule has 3 rings (SSSR count). The predicted molar refractivity (Wildman–Crippen MR) is 109 cm³/mol. The maximum atomic E-state index is 13.0. The van der Waals surface area contributed by atoms with Crippen LogP contribution in [0, 0.1) is 0 Å². The number of para-hydroxylation sites is 1. The van der Waals surface area contributed by atoms with Gasteiger partial charge in [0.1, 0.15) is 0 Å². The Bertz CT molecular complexity index is 926. The molecule has 28 heavy (non-hydrogen) atoms. The molecule has 1 aliphatic rings. The number of sulfonamides is 1. The fraction of sp³-hybridized carbons (Fsp3) is 0.350. The Morgan fingerprint density at radius 2 is 1.75 bits per heavy atom. The molecule has 0 amide bonds. The molecule has 0 spiro atoms. The second kappa shape index (κ2) is 8.94. The van der Waals surface area contributed by atoms with Crippen LogP contribution in [0.1, 0.15) is 23.7 Å². The third-order valence-corrected chi connectivity index (χ3v) is 6.82. The molecule has 0 unspecified atom stereocenters. The van der Waals surface area contributed by atoms with Gasteiger partial charge in [0, 0.05) is 31.9 Å². The number of esters is 1. The van der Waals surface area contributed by atoms with Crippen molar-refractivity contribution in [3.05, 3.63) is 59.1 Å². The predicted octanol–water partition coefficient (Wildman–Crippen LogP) is 3.42. The molecule has 0 atom stereocenters. The van der Waals surface area contributed by atoms with Gasteiger partial charge in [-0.1, -0.05) is 36.7 Å². The van der Waals surface area contributed by atoms with E-state index in [1.54, 1.807) is 0 Å². The third kappa shape index (κ3) is 4.48. The maximum Gasteiger partial charge on any atom is 0.339 e. The Morgan fingerprint density at radius 1 is 1.07 bits per heavy atom. The van der Waals surface area contributed by atoms with Crippen LogP contribution in [0.3, 0.4) is 0 Å². The summed E-state index contributed by atoms with van der Waals surface area (Å²) in [6.07, 6.45) is 0.674. The van der Waals surface area contributed by atoms with Gasteiger partial charge in [-0.15, -0.1) is 0 Å². The molecule has 0 aliphatic carbocycles. The molecule has 0 saturated carbocycles. The topological polar surface area (TPSA) is 66.9 Å². The monoisotopic (exact) mass is 422 g/mol. The van der Waals surface area contributed by atoms with Crippen molar-refractivity contribution in [1.29, 1.82) is 0 Å². The average Bonchev–Trinajstić information content (AvgIpc) is 2.73. The molecule has 1 fully saturated rings. The summed E-state index contributed by atoms with van der Waals surface area (Å²) in [5, 5.41) is 0.175. The van der Waals surface area contributed by atoms with E-state index in [4.69, 9.17) is 16.3 Å². The number of halogens is 1. The highest BCUT2D eigenvalue weighted by molar-refractivity contribution is 7.89. The van der Waals surface area contributed by atoms with Gasteiger partial charge in [0.25, 0.3) is 0 Å². The first-order valence-corrected chi connectivity index (χ1v) is 11.0. The van der Waals surface area contributed by atoms with Gasteiger partial charge >= 0.3 is 5.97 Å². The van der Waals surface area contributed by atoms with Gasteiger partial charge in [0.2, 0.25) is 10.0 Å². The summed E-state index contributed by atoms with van der Waals surface area (Å²) in [6.45, 7) is 4.08. The van der Waals surface area contributed by atoms with Crippen molar-refractivity contribution in [2.45, 2.75) is 18.2 Å². The van der Waals surface area contributed by atoms with Crippen LogP contribution in [0.2, 0.25) is 5.02 Å². The van der Waals surface area contributed by atoms with E-state index >= 15 is 0 Å². The molecule has 1 aliphatic heterocycles. The number of ether oxygens (including phenoxy) is 1. The minimum atomic E-state index is -3.72. The molecular weight excluding hydrogens is 400 g/mol. The molecule has 0 bridgehead atoms. The Balaban J connectivity index is 1.75. The molecule has 2 aromatic rings. The average molecular weight is 423 g/mol. The molecule has 0 aromatic heterocycles. The second-order valence-corrected chi connectivity index (χ2v) is 8.85. The van der Waals surface area contributed by atoms with Crippen LogP contribution in [0.25, 0.3) is 0 Å². The van der Waals surface area contributed by atoms with E-state index in [-0.39, 0.29) is 22.1 Å². The van der Waals surface area contributed by atoms with Crippen molar-refractivity contribution in [1.82, 2.24) is 4.31 Å². The number of nitrogens with zero attached hydrogens (tertiary/aromatic N) is 2. The number of carbonyl (C=O) groups excluding carboxylic acids is 1. The lowest BCUT2D eigenvalue weighted by Gasteiger charge is -2.35. The van der Waals surface area contributed by atoms with Crippen molar-refractivity contribution in [3.63, 3.8) is 0 Å². The number of hydrogen-bond donors (Lipinski definition) is 0. The lowest BCUT2D eigenvalue weighted by atomic mass is 10.2. The highest BCUT2D eigenvalue weighted by Crippen LogP contribution is 2.25. The number of hydrogen-bond acceptors (Lipinski definition) is 5. The summed E-state index contributed by atoms with van der Waals surface area (Å²) in [5.74, 6) is -0.613. The summed E-state index contributed by atoms with van der Waals surface area (Å²) in [6, 6.07) is 14.1. The van der Waals surface area contributed by atoms with E-state index in [2.05, 4.69) is 4.90 Å². The Kier molecular flexibility index (Phi) is 6.59. The molecule has 0 N–H and O–H groups in total. The summed E-state index contributed by atoms with van der Waals surface area (Å²) in [4.78, 5) is 14.4. The molecular formula is C20H23ClN2O4S. The van der Waals surface area contributed by atoms with Gasteiger partial charge in [0.05, 0.1) is 22.1 Å². The third-order valence-electron chi connectivity index (χ3n) is 4.59. The van der Waals surface area contributed by atoms with E-state index in [1.807, 2.05) is 37.3 Å². The zero-order valence-corrected chi connectivity index (χ0v) is 17.2. The van der Waals surface area contributed by atoms with E-state index in [0.717, 1.165) is 5.69 Å². The largest absolute Gasteiger partial charge is 0.462 e. The van der Waals surface area contributed by atoms with Gasteiger partial charge in [-0.3, -0.25) is 0 Å². The highest BCUT2D eigenvalue weighted by Gasteiger charge is 2.29. The number of piperazine rings is 1. The first-order valence-electron chi connectivity index (χ1n) is 9.20. The molecule has 1 saturated heterocycles. The van der Waals surface area contributed by atoms with Gasteiger partial charge in [0.15, 0.2) is 0 Å². The number of anilines is 1. The summed E-state index contributed by atoms with van der Waals surface area (Å²) in [7, 11) is -3.72. The van der Waals surface area contributed by atoms with E-state index in [1.165, 1.54) is 22.5 Å². The molecule has 6 nitrogen and oxygen atoms in total. The number of benzene rings is 2. The maximum absolute atomic E-state index is 13.0. The highest BCUT2D eigenvalue weighted by atomic mass is 35.5. The number of rotatable bonds is 6. The molecule has 0 radical (unpaired) electrons. The first-order chi connectivity index (χ1) is 13.4. The second-order valence-electron chi connectivity index (χ2n) is 6.50. The molecule has 2 aromatic carbocycles. The zero-order valence-electron chi connectivity index (χ0n) is 15.7. The zero-order chi connectivity index (χ0) is 20.1. The lowest BCUT2D eigenvalue weighted by molar-refractivity contribution is 0.0505. The minimum absolute atomic E-state index is 0.0495. The van der Waals surface area contributed by atoms with Gasteiger partial charge < -0.3 is 9.64 Å². The van der Waals surface area contributed by atoms with E-state index in [9.17, 15) is 13.2 Å². The summed E-state index contributed by atoms with van der Waals surface area (Å²) in [5.41, 5.74) is 1.14. The Morgan fingerprint density at radius 3 is 2.39 bits per heavy atom. The van der Waals surface area contributed by atoms with Crippen LogP contribution in [0.15, 0.2) is 53.4 Å². The van der Waals surface area contributed by atoms with Gasteiger partial charge in [-0.05, 0) is 36.8 Å². The molecule has 8 heteroatoms. The fourth-order valence-electron chi connectivity index (χ4n) is 3.07. The van der Waals surface area contributed by atoms with Crippen molar-refractivity contribution >= 4 is 33.3 Å². The van der Waals surface area contributed by atoms with Crippen molar-refractivity contribution in [2.24, 2.45) is 0 Å². The van der Waals surface area contributed by atoms with E-state index < -0.39 is 16.0 Å². The fourth-order valence-corrected chi connectivity index (χ4v) is 4.71. The normalized spacial score (nSPS) is 15.4. The van der Waals surface area contributed by atoms with Crippen LogP contribution in [0.5, 0.6) is 0 Å². The van der Waals surface area contributed by atoms with Crippen molar-refractivity contribution in [2.75, 3.05) is 37.7 Å².